The minimum Gasteiger partial charge on any atom is -0.477 e. The van der Waals surface area contributed by atoms with Gasteiger partial charge in [0.25, 0.3) is 0 Å². The van der Waals surface area contributed by atoms with Crippen molar-refractivity contribution in [1.82, 2.24) is 4.57 Å². The summed E-state index contributed by atoms with van der Waals surface area (Å²) in [7, 11) is 0. The van der Waals surface area contributed by atoms with E-state index in [2.05, 4.69) is 0 Å². The molecule has 18 heavy (non-hydrogen) atoms. The summed E-state index contributed by atoms with van der Waals surface area (Å²) in [6.07, 6.45) is 1.60. The molecule has 2 heterocycles. The summed E-state index contributed by atoms with van der Waals surface area (Å²) in [4.78, 5) is 20.9. The van der Waals surface area contributed by atoms with Gasteiger partial charge in [-0.05, 0) is 24.6 Å². The Kier molecular flexibility index (Phi) is 2.88. The zero-order valence-electron chi connectivity index (χ0n) is 9.49. The lowest BCUT2D eigenvalue weighted by atomic mass is 10.3. The fourth-order valence-corrected chi connectivity index (χ4v) is 1.72. The number of furan rings is 1. The summed E-state index contributed by atoms with van der Waals surface area (Å²) in [5.41, 5.74) is 0.776. The van der Waals surface area contributed by atoms with Gasteiger partial charge in [0.15, 0.2) is 0 Å². The SMILES string of the molecule is Cc1ccn(Cc2ccc([N+](=O)[O-])o2)c1C(=O)O. The summed E-state index contributed by atoms with van der Waals surface area (Å²) in [6, 6.07) is 4.37. The second-order valence-corrected chi connectivity index (χ2v) is 3.78. The molecule has 0 spiro atoms. The second kappa shape index (κ2) is 4.36. The highest BCUT2D eigenvalue weighted by atomic mass is 16.6. The highest BCUT2D eigenvalue weighted by Gasteiger charge is 2.16. The molecule has 2 aromatic rings. The number of nitrogens with zero attached hydrogens (tertiary/aromatic N) is 2. The van der Waals surface area contributed by atoms with E-state index in [9.17, 15) is 14.9 Å². The van der Waals surface area contributed by atoms with Crippen molar-refractivity contribution < 1.29 is 19.2 Å². The summed E-state index contributed by atoms with van der Waals surface area (Å²) >= 11 is 0. The van der Waals surface area contributed by atoms with Crippen LogP contribution in [0.5, 0.6) is 0 Å². The molecule has 0 aliphatic carbocycles. The van der Waals surface area contributed by atoms with Gasteiger partial charge < -0.3 is 14.1 Å². The number of carboxylic acids is 1. The van der Waals surface area contributed by atoms with Crippen molar-refractivity contribution in [2.24, 2.45) is 0 Å². The normalized spacial score (nSPS) is 10.5. The Morgan fingerprint density at radius 2 is 2.22 bits per heavy atom. The molecule has 7 nitrogen and oxygen atoms in total. The zero-order chi connectivity index (χ0) is 13.3. The molecule has 0 bridgehead atoms. The van der Waals surface area contributed by atoms with Gasteiger partial charge in [0, 0.05) is 6.20 Å². The van der Waals surface area contributed by atoms with Crippen molar-refractivity contribution in [2.75, 3.05) is 0 Å². The topological polar surface area (TPSA) is 98.5 Å². The first kappa shape index (κ1) is 11.9. The smallest absolute Gasteiger partial charge is 0.433 e. The van der Waals surface area contributed by atoms with E-state index in [1.54, 1.807) is 19.2 Å². The Morgan fingerprint density at radius 3 is 2.78 bits per heavy atom. The van der Waals surface area contributed by atoms with Crippen LogP contribution >= 0.6 is 0 Å². The molecular formula is C11H10N2O5. The minimum atomic E-state index is -1.04. The van der Waals surface area contributed by atoms with E-state index in [0.29, 0.717) is 11.3 Å². The molecule has 0 fully saturated rings. The molecular weight excluding hydrogens is 240 g/mol. The number of carbonyl (C=O) groups is 1. The maximum Gasteiger partial charge on any atom is 0.433 e. The first-order valence-electron chi connectivity index (χ1n) is 5.11. The standard InChI is InChI=1S/C11H10N2O5/c1-7-4-5-12(10(7)11(14)15)6-8-2-3-9(18-8)13(16)17/h2-5H,6H2,1H3,(H,14,15). The van der Waals surface area contributed by atoms with Crippen LogP contribution in [0.25, 0.3) is 0 Å². The van der Waals surface area contributed by atoms with Gasteiger partial charge in [-0.1, -0.05) is 0 Å². The molecule has 0 saturated heterocycles. The second-order valence-electron chi connectivity index (χ2n) is 3.78. The number of aryl methyl sites for hydroxylation is 1. The van der Waals surface area contributed by atoms with Crippen LogP contribution in [0.4, 0.5) is 5.88 Å². The molecule has 0 aliphatic rings. The van der Waals surface area contributed by atoms with Crippen LogP contribution < -0.4 is 0 Å². The Labute approximate surface area is 101 Å². The monoisotopic (exact) mass is 250 g/mol. The zero-order valence-corrected chi connectivity index (χ0v) is 9.49. The van der Waals surface area contributed by atoms with Gasteiger partial charge in [0.05, 0.1) is 12.6 Å². The minimum absolute atomic E-state index is 0.142. The maximum atomic E-state index is 11.0. The van der Waals surface area contributed by atoms with Gasteiger partial charge in [0.2, 0.25) is 0 Å². The number of aromatic nitrogens is 1. The number of carboxylic acid groups (broad SMARTS) is 1. The number of aromatic carboxylic acids is 1. The Bertz CT molecular complexity index is 611. The summed E-state index contributed by atoms with van der Waals surface area (Å²) in [5, 5.41) is 19.5. The van der Waals surface area contributed by atoms with Crippen LogP contribution in [-0.4, -0.2) is 20.6 Å². The lowest BCUT2D eigenvalue weighted by Gasteiger charge is -2.04. The fourth-order valence-electron chi connectivity index (χ4n) is 1.72. The fraction of sp³-hybridized carbons (Fsp3) is 0.182. The molecule has 2 rings (SSSR count). The summed E-state index contributed by atoms with van der Waals surface area (Å²) in [5.74, 6) is -1.07. The van der Waals surface area contributed by atoms with E-state index in [1.165, 1.54) is 16.7 Å². The van der Waals surface area contributed by atoms with Gasteiger partial charge in [-0.3, -0.25) is 10.1 Å². The van der Waals surface area contributed by atoms with Crippen molar-refractivity contribution in [3.8, 4) is 0 Å². The van der Waals surface area contributed by atoms with E-state index < -0.39 is 10.9 Å². The molecule has 0 atom stereocenters. The Hall–Kier alpha value is -2.57. The van der Waals surface area contributed by atoms with Gasteiger partial charge in [-0.25, -0.2) is 4.79 Å². The number of rotatable bonds is 4. The van der Waals surface area contributed by atoms with Crippen molar-refractivity contribution in [3.05, 3.63) is 51.5 Å². The molecule has 0 saturated carbocycles. The highest BCUT2D eigenvalue weighted by molar-refractivity contribution is 5.87. The first-order valence-corrected chi connectivity index (χ1v) is 5.11. The lowest BCUT2D eigenvalue weighted by molar-refractivity contribution is -0.402. The van der Waals surface area contributed by atoms with E-state index in [-0.39, 0.29) is 18.1 Å². The summed E-state index contributed by atoms with van der Waals surface area (Å²) in [6.45, 7) is 1.83. The predicted octanol–water partition coefficient (Wildman–Crippen LogP) is 2.04. The van der Waals surface area contributed by atoms with E-state index >= 15 is 0 Å². The van der Waals surface area contributed by atoms with E-state index in [4.69, 9.17) is 9.52 Å². The lowest BCUT2D eigenvalue weighted by Crippen LogP contribution is -2.09. The predicted molar refractivity (Wildman–Crippen MR) is 60.6 cm³/mol. The highest BCUT2D eigenvalue weighted by Crippen LogP contribution is 2.18. The third kappa shape index (κ3) is 2.10. The quantitative estimate of drug-likeness (QED) is 0.661. The number of hydrogen-bond donors (Lipinski definition) is 1. The molecule has 0 aliphatic heterocycles. The van der Waals surface area contributed by atoms with Gasteiger partial charge in [0.1, 0.15) is 16.4 Å². The average molecular weight is 250 g/mol. The van der Waals surface area contributed by atoms with Crippen LogP contribution in [-0.2, 0) is 6.54 Å². The molecule has 94 valence electrons. The van der Waals surface area contributed by atoms with Gasteiger partial charge in [-0.15, -0.1) is 0 Å². The van der Waals surface area contributed by atoms with Crippen LogP contribution in [0.1, 0.15) is 21.8 Å². The molecule has 0 aromatic carbocycles. The number of nitro groups is 1. The molecule has 1 N–H and O–H groups in total. The Balaban J connectivity index is 2.28. The van der Waals surface area contributed by atoms with Crippen LogP contribution in [0.2, 0.25) is 0 Å². The van der Waals surface area contributed by atoms with Crippen molar-refractivity contribution >= 4 is 11.9 Å². The molecule has 0 amide bonds. The van der Waals surface area contributed by atoms with Gasteiger partial charge in [-0.2, -0.15) is 0 Å². The third-order valence-corrected chi connectivity index (χ3v) is 2.52. The van der Waals surface area contributed by atoms with Gasteiger partial charge >= 0.3 is 11.9 Å². The molecule has 0 unspecified atom stereocenters. The van der Waals surface area contributed by atoms with Crippen molar-refractivity contribution in [1.29, 1.82) is 0 Å². The molecule has 7 heteroatoms. The molecule has 0 radical (unpaired) electrons. The largest absolute Gasteiger partial charge is 0.477 e. The molecule has 2 aromatic heterocycles. The van der Waals surface area contributed by atoms with Crippen LogP contribution in [0.3, 0.4) is 0 Å². The van der Waals surface area contributed by atoms with E-state index in [0.717, 1.165) is 0 Å². The third-order valence-electron chi connectivity index (χ3n) is 2.52. The number of hydrogen-bond acceptors (Lipinski definition) is 4. The van der Waals surface area contributed by atoms with E-state index in [1.807, 2.05) is 0 Å². The first-order chi connectivity index (χ1) is 8.49. The van der Waals surface area contributed by atoms with Crippen LogP contribution in [0.15, 0.2) is 28.8 Å². The summed E-state index contributed by atoms with van der Waals surface area (Å²) < 4.78 is 6.45. The van der Waals surface area contributed by atoms with Crippen molar-refractivity contribution in [2.45, 2.75) is 13.5 Å². The average Bonchev–Trinajstić information content (AvgIpc) is 2.86. The maximum absolute atomic E-state index is 11.0. The Morgan fingerprint density at radius 1 is 1.50 bits per heavy atom. The van der Waals surface area contributed by atoms with Crippen molar-refractivity contribution in [3.63, 3.8) is 0 Å². The van der Waals surface area contributed by atoms with Crippen LogP contribution in [0, 0.1) is 17.0 Å².